The SMILES string of the molecule is O=C(CSCc1ccccc1F)NCc1ccc(Cl)cc1Cl. The summed E-state index contributed by atoms with van der Waals surface area (Å²) in [4.78, 5) is 11.8. The second-order valence-corrected chi connectivity index (χ2v) is 6.43. The van der Waals surface area contributed by atoms with E-state index >= 15 is 0 Å². The van der Waals surface area contributed by atoms with E-state index in [0.717, 1.165) is 5.56 Å². The van der Waals surface area contributed by atoms with Crippen molar-refractivity contribution >= 4 is 40.9 Å². The van der Waals surface area contributed by atoms with Crippen LogP contribution in [0.5, 0.6) is 0 Å². The lowest BCUT2D eigenvalue weighted by Crippen LogP contribution is -2.24. The fraction of sp³-hybridized carbons (Fsp3) is 0.188. The highest BCUT2D eigenvalue weighted by Gasteiger charge is 2.06. The van der Waals surface area contributed by atoms with Crippen molar-refractivity contribution in [2.45, 2.75) is 12.3 Å². The predicted molar refractivity (Wildman–Crippen MR) is 90.9 cm³/mol. The summed E-state index contributed by atoms with van der Waals surface area (Å²) in [6, 6.07) is 11.7. The maximum atomic E-state index is 13.4. The van der Waals surface area contributed by atoms with Crippen LogP contribution in [0, 0.1) is 5.82 Å². The smallest absolute Gasteiger partial charge is 0.230 e. The highest BCUT2D eigenvalue weighted by molar-refractivity contribution is 7.99. The van der Waals surface area contributed by atoms with Gasteiger partial charge in [-0.05, 0) is 29.3 Å². The molecule has 0 radical (unpaired) electrons. The molecule has 0 aromatic heterocycles. The van der Waals surface area contributed by atoms with Gasteiger partial charge in [0.25, 0.3) is 0 Å². The molecule has 0 spiro atoms. The first-order valence-electron chi connectivity index (χ1n) is 6.58. The summed E-state index contributed by atoms with van der Waals surface area (Å²) in [5.74, 6) is 0.358. The van der Waals surface area contributed by atoms with E-state index in [9.17, 15) is 9.18 Å². The van der Waals surface area contributed by atoms with Gasteiger partial charge in [0.15, 0.2) is 0 Å². The molecule has 0 aliphatic carbocycles. The first-order chi connectivity index (χ1) is 10.6. The van der Waals surface area contributed by atoms with Crippen molar-refractivity contribution in [3.63, 3.8) is 0 Å². The Kier molecular flexibility index (Phi) is 6.55. The Morgan fingerprint density at radius 2 is 1.91 bits per heavy atom. The lowest BCUT2D eigenvalue weighted by atomic mass is 10.2. The average molecular weight is 358 g/mol. The molecule has 0 aliphatic rings. The van der Waals surface area contributed by atoms with Crippen LogP contribution >= 0.6 is 35.0 Å². The molecule has 0 saturated heterocycles. The van der Waals surface area contributed by atoms with Crippen LogP contribution in [0.25, 0.3) is 0 Å². The first-order valence-corrected chi connectivity index (χ1v) is 8.49. The quantitative estimate of drug-likeness (QED) is 0.812. The number of hydrogen-bond donors (Lipinski definition) is 1. The predicted octanol–water partition coefficient (Wildman–Crippen LogP) is 4.68. The van der Waals surface area contributed by atoms with E-state index in [1.165, 1.54) is 17.8 Å². The molecule has 0 fully saturated rings. The van der Waals surface area contributed by atoms with E-state index in [1.807, 2.05) is 0 Å². The van der Waals surface area contributed by atoms with Crippen molar-refractivity contribution in [3.8, 4) is 0 Å². The van der Waals surface area contributed by atoms with Gasteiger partial charge in [0.05, 0.1) is 5.75 Å². The summed E-state index contributed by atoms with van der Waals surface area (Å²) in [5, 5.41) is 3.86. The van der Waals surface area contributed by atoms with Crippen molar-refractivity contribution < 1.29 is 9.18 Å². The molecule has 0 aliphatic heterocycles. The van der Waals surface area contributed by atoms with Gasteiger partial charge in [-0.1, -0.05) is 47.5 Å². The van der Waals surface area contributed by atoms with E-state index in [2.05, 4.69) is 5.32 Å². The monoisotopic (exact) mass is 357 g/mol. The largest absolute Gasteiger partial charge is 0.351 e. The molecular weight excluding hydrogens is 344 g/mol. The third kappa shape index (κ3) is 5.20. The summed E-state index contributed by atoms with van der Waals surface area (Å²) in [5.41, 5.74) is 1.40. The van der Waals surface area contributed by atoms with Crippen LogP contribution in [-0.2, 0) is 17.1 Å². The molecule has 22 heavy (non-hydrogen) atoms. The number of nitrogens with one attached hydrogen (secondary N) is 1. The van der Waals surface area contributed by atoms with Gasteiger partial charge < -0.3 is 5.32 Å². The highest BCUT2D eigenvalue weighted by Crippen LogP contribution is 2.21. The van der Waals surface area contributed by atoms with E-state index in [0.29, 0.717) is 27.9 Å². The molecule has 2 aromatic carbocycles. The first kappa shape index (κ1) is 17.1. The minimum absolute atomic E-state index is 0.118. The van der Waals surface area contributed by atoms with Crippen LogP contribution < -0.4 is 5.32 Å². The number of hydrogen-bond acceptors (Lipinski definition) is 2. The number of halogens is 3. The number of carbonyl (C=O) groups excluding carboxylic acids is 1. The number of rotatable bonds is 6. The molecular formula is C16H14Cl2FNOS. The van der Waals surface area contributed by atoms with Gasteiger partial charge in [-0.3, -0.25) is 4.79 Å². The normalized spacial score (nSPS) is 10.5. The molecule has 2 nitrogen and oxygen atoms in total. The molecule has 2 aromatic rings. The summed E-state index contributed by atoms with van der Waals surface area (Å²) >= 11 is 13.2. The third-order valence-corrected chi connectivity index (χ3v) is 4.51. The second-order valence-electron chi connectivity index (χ2n) is 4.60. The Balaban J connectivity index is 1.75. The van der Waals surface area contributed by atoms with Crippen LogP contribution in [0.3, 0.4) is 0 Å². The standard InChI is InChI=1S/C16H14Cl2FNOS/c17-13-6-5-11(14(18)7-13)8-20-16(21)10-22-9-12-3-1-2-4-15(12)19/h1-7H,8-10H2,(H,20,21). The summed E-state index contributed by atoms with van der Waals surface area (Å²) in [6.07, 6.45) is 0. The van der Waals surface area contributed by atoms with Crippen molar-refractivity contribution in [1.82, 2.24) is 5.32 Å². The molecule has 0 atom stereocenters. The minimum Gasteiger partial charge on any atom is -0.351 e. The number of benzene rings is 2. The Morgan fingerprint density at radius 3 is 2.64 bits per heavy atom. The Bertz CT molecular complexity index is 666. The average Bonchev–Trinajstić information content (AvgIpc) is 2.48. The summed E-state index contributed by atoms with van der Waals surface area (Å²) in [6.45, 7) is 0.342. The van der Waals surface area contributed by atoms with E-state index in [1.54, 1.807) is 36.4 Å². The summed E-state index contributed by atoms with van der Waals surface area (Å²) < 4.78 is 13.4. The Hall–Kier alpha value is -1.23. The van der Waals surface area contributed by atoms with E-state index < -0.39 is 0 Å². The van der Waals surface area contributed by atoms with Crippen LogP contribution in [0.2, 0.25) is 10.0 Å². The third-order valence-electron chi connectivity index (χ3n) is 2.94. The van der Waals surface area contributed by atoms with Crippen LogP contribution in [0.15, 0.2) is 42.5 Å². The molecule has 1 amide bonds. The Labute approximate surface area is 143 Å². The molecule has 6 heteroatoms. The highest BCUT2D eigenvalue weighted by atomic mass is 35.5. The maximum absolute atomic E-state index is 13.4. The van der Waals surface area contributed by atoms with Gasteiger partial charge in [-0.25, -0.2) is 4.39 Å². The van der Waals surface area contributed by atoms with Gasteiger partial charge in [-0.2, -0.15) is 0 Å². The van der Waals surface area contributed by atoms with Crippen LogP contribution in [0.4, 0.5) is 4.39 Å². The molecule has 1 N–H and O–H groups in total. The zero-order valence-electron chi connectivity index (χ0n) is 11.6. The van der Waals surface area contributed by atoms with Gasteiger partial charge >= 0.3 is 0 Å². The molecule has 0 bridgehead atoms. The van der Waals surface area contributed by atoms with E-state index in [4.69, 9.17) is 23.2 Å². The number of thioether (sulfide) groups is 1. The fourth-order valence-electron chi connectivity index (χ4n) is 1.78. The van der Waals surface area contributed by atoms with Crippen molar-refractivity contribution in [2.24, 2.45) is 0 Å². The number of amides is 1. The number of carbonyl (C=O) groups is 1. The van der Waals surface area contributed by atoms with Gasteiger partial charge in [-0.15, -0.1) is 11.8 Å². The molecule has 0 unspecified atom stereocenters. The zero-order chi connectivity index (χ0) is 15.9. The zero-order valence-corrected chi connectivity index (χ0v) is 13.9. The fourth-order valence-corrected chi connectivity index (χ4v) is 3.10. The topological polar surface area (TPSA) is 29.1 Å². The van der Waals surface area contributed by atoms with E-state index in [-0.39, 0.29) is 17.5 Å². The Morgan fingerprint density at radius 1 is 1.14 bits per heavy atom. The molecule has 0 saturated carbocycles. The van der Waals surface area contributed by atoms with Crippen LogP contribution in [0.1, 0.15) is 11.1 Å². The van der Waals surface area contributed by atoms with Gasteiger partial charge in [0, 0.05) is 22.3 Å². The van der Waals surface area contributed by atoms with Crippen molar-refractivity contribution in [2.75, 3.05) is 5.75 Å². The molecule has 116 valence electrons. The second kappa shape index (κ2) is 8.42. The minimum atomic E-state index is -0.247. The molecule has 0 heterocycles. The molecule has 2 rings (SSSR count). The van der Waals surface area contributed by atoms with Gasteiger partial charge in [0.1, 0.15) is 5.82 Å². The van der Waals surface area contributed by atoms with Crippen molar-refractivity contribution in [1.29, 1.82) is 0 Å². The van der Waals surface area contributed by atoms with Gasteiger partial charge in [0.2, 0.25) is 5.91 Å². The lowest BCUT2D eigenvalue weighted by Gasteiger charge is -2.07. The lowest BCUT2D eigenvalue weighted by molar-refractivity contribution is -0.118. The van der Waals surface area contributed by atoms with Crippen LogP contribution in [-0.4, -0.2) is 11.7 Å². The summed E-state index contributed by atoms with van der Waals surface area (Å²) in [7, 11) is 0. The van der Waals surface area contributed by atoms with Crippen molar-refractivity contribution in [3.05, 3.63) is 69.5 Å². The maximum Gasteiger partial charge on any atom is 0.230 e.